The van der Waals surface area contributed by atoms with Crippen LogP contribution in [-0.4, -0.2) is 31.3 Å². The maximum absolute atomic E-state index is 6.45. The molecule has 18 heavy (non-hydrogen) atoms. The van der Waals surface area contributed by atoms with E-state index in [0.717, 1.165) is 26.2 Å². The van der Waals surface area contributed by atoms with Crippen LogP contribution in [0, 0.1) is 11.3 Å². The van der Waals surface area contributed by atoms with Crippen molar-refractivity contribution in [1.29, 1.82) is 0 Å². The average Bonchev–Trinajstić information content (AvgIpc) is 2.38. The molecule has 106 valence electrons. The number of rotatable bonds is 6. The molecule has 2 atom stereocenters. The summed E-state index contributed by atoms with van der Waals surface area (Å²) >= 11 is 6.45. The van der Waals surface area contributed by atoms with E-state index in [2.05, 4.69) is 13.8 Å². The first-order chi connectivity index (χ1) is 8.65. The van der Waals surface area contributed by atoms with Gasteiger partial charge >= 0.3 is 0 Å². The second-order valence-corrected chi connectivity index (χ2v) is 6.85. The minimum Gasteiger partial charge on any atom is -0.379 e. The van der Waals surface area contributed by atoms with E-state index >= 15 is 0 Å². The minimum absolute atomic E-state index is 0.303. The summed E-state index contributed by atoms with van der Waals surface area (Å²) in [6.45, 7) is 6.61. The summed E-state index contributed by atoms with van der Waals surface area (Å²) in [6.07, 6.45) is 7.97. The van der Waals surface area contributed by atoms with E-state index in [1.165, 1.54) is 32.1 Å². The monoisotopic (exact) mass is 274 g/mol. The van der Waals surface area contributed by atoms with Crippen molar-refractivity contribution < 1.29 is 9.47 Å². The van der Waals surface area contributed by atoms with Gasteiger partial charge in [0.2, 0.25) is 0 Å². The Morgan fingerprint density at radius 1 is 1.17 bits per heavy atom. The zero-order valence-electron chi connectivity index (χ0n) is 11.8. The lowest BCUT2D eigenvalue weighted by Gasteiger charge is -2.55. The van der Waals surface area contributed by atoms with Gasteiger partial charge in [-0.05, 0) is 25.2 Å². The van der Waals surface area contributed by atoms with E-state index in [4.69, 9.17) is 21.1 Å². The fourth-order valence-electron chi connectivity index (χ4n) is 3.35. The molecular weight excluding hydrogens is 248 g/mol. The Balaban J connectivity index is 1.67. The SMILES string of the molecule is CC(C)COCCOC1CC(Cl)C12CCCCC2. The summed E-state index contributed by atoms with van der Waals surface area (Å²) in [4.78, 5) is 0. The molecule has 2 aliphatic carbocycles. The van der Waals surface area contributed by atoms with E-state index in [1.54, 1.807) is 0 Å². The molecule has 0 N–H and O–H groups in total. The summed E-state index contributed by atoms with van der Waals surface area (Å²) in [7, 11) is 0. The zero-order valence-corrected chi connectivity index (χ0v) is 12.5. The predicted molar refractivity (Wildman–Crippen MR) is 75.2 cm³/mol. The predicted octanol–water partition coefficient (Wildman–Crippen LogP) is 4.01. The maximum Gasteiger partial charge on any atom is 0.0704 e. The second-order valence-electron chi connectivity index (χ2n) is 6.33. The molecule has 2 aliphatic rings. The average molecular weight is 275 g/mol. The first-order valence-corrected chi connectivity index (χ1v) is 7.92. The van der Waals surface area contributed by atoms with Crippen molar-refractivity contribution >= 4 is 11.6 Å². The molecule has 0 saturated heterocycles. The van der Waals surface area contributed by atoms with E-state index in [9.17, 15) is 0 Å². The molecule has 2 rings (SSSR count). The van der Waals surface area contributed by atoms with Crippen molar-refractivity contribution in [3.8, 4) is 0 Å². The van der Waals surface area contributed by atoms with Crippen LogP contribution in [0.25, 0.3) is 0 Å². The molecule has 2 saturated carbocycles. The first-order valence-electron chi connectivity index (χ1n) is 7.48. The summed E-state index contributed by atoms with van der Waals surface area (Å²) in [6, 6.07) is 0. The molecule has 0 heterocycles. The lowest BCUT2D eigenvalue weighted by molar-refractivity contribution is -0.133. The van der Waals surface area contributed by atoms with Crippen LogP contribution in [0.5, 0.6) is 0 Å². The van der Waals surface area contributed by atoms with Crippen molar-refractivity contribution in [2.75, 3.05) is 19.8 Å². The minimum atomic E-state index is 0.303. The molecule has 0 amide bonds. The van der Waals surface area contributed by atoms with Gasteiger partial charge in [-0.1, -0.05) is 33.1 Å². The molecule has 0 bridgehead atoms. The Morgan fingerprint density at radius 2 is 1.89 bits per heavy atom. The summed E-state index contributed by atoms with van der Waals surface area (Å²) < 4.78 is 11.6. The largest absolute Gasteiger partial charge is 0.379 e. The van der Waals surface area contributed by atoms with Crippen LogP contribution in [0.3, 0.4) is 0 Å². The summed E-state index contributed by atoms with van der Waals surface area (Å²) in [5.41, 5.74) is 0.303. The van der Waals surface area contributed by atoms with Crippen LogP contribution < -0.4 is 0 Å². The van der Waals surface area contributed by atoms with E-state index in [1.807, 2.05) is 0 Å². The number of hydrogen-bond acceptors (Lipinski definition) is 2. The lowest BCUT2D eigenvalue weighted by Crippen LogP contribution is -2.56. The quantitative estimate of drug-likeness (QED) is 0.538. The topological polar surface area (TPSA) is 18.5 Å². The highest BCUT2D eigenvalue weighted by Gasteiger charge is 2.54. The van der Waals surface area contributed by atoms with E-state index < -0.39 is 0 Å². The third kappa shape index (κ3) is 3.20. The van der Waals surface area contributed by atoms with Crippen LogP contribution >= 0.6 is 11.6 Å². The van der Waals surface area contributed by atoms with Crippen LogP contribution in [-0.2, 0) is 9.47 Å². The first kappa shape index (κ1) is 14.6. The number of alkyl halides is 1. The number of ether oxygens (including phenoxy) is 2. The van der Waals surface area contributed by atoms with E-state index in [0.29, 0.717) is 22.8 Å². The van der Waals surface area contributed by atoms with Gasteiger partial charge in [0.25, 0.3) is 0 Å². The van der Waals surface area contributed by atoms with Crippen molar-refractivity contribution in [1.82, 2.24) is 0 Å². The summed E-state index contributed by atoms with van der Waals surface area (Å²) in [5.74, 6) is 0.602. The molecule has 2 nitrogen and oxygen atoms in total. The van der Waals surface area contributed by atoms with Gasteiger partial charge in [0, 0.05) is 17.4 Å². The van der Waals surface area contributed by atoms with Crippen molar-refractivity contribution in [3.63, 3.8) is 0 Å². The molecule has 0 aromatic heterocycles. The van der Waals surface area contributed by atoms with Gasteiger partial charge in [-0.25, -0.2) is 0 Å². The molecule has 1 spiro atoms. The number of halogens is 1. The molecule has 2 fully saturated rings. The molecule has 2 unspecified atom stereocenters. The normalized spacial score (nSPS) is 30.7. The van der Waals surface area contributed by atoms with Crippen LogP contribution in [0.15, 0.2) is 0 Å². The van der Waals surface area contributed by atoms with Crippen molar-refractivity contribution in [2.24, 2.45) is 11.3 Å². The van der Waals surface area contributed by atoms with Crippen LogP contribution in [0.2, 0.25) is 0 Å². The van der Waals surface area contributed by atoms with Gasteiger partial charge in [0.05, 0.1) is 19.3 Å². The fourth-order valence-corrected chi connectivity index (χ4v) is 3.87. The Kier molecular flexibility index (Phi) is 5.35. The van der Waals surface area contributed by atoms with Gasteiger partial charge in [-0.15, -0.1) is 11.6 Å². The van der Waals surface area contributed by atoms with Gasteiger partial charge < -0.3 is 9.47 Å². The van der Waals surface area contributed by atoms with Crippen molar-refractivity contribution in [3.05, 3.63) is 0 Å². The van der Waals surface area contributed by atoms with Gasteiger partial charge in [0.15, 0.2) is 0 Å². The Bertz CT molecular complexity index is 249. The summed E-state index contributed by atoms with van der Waals surface area (Å²) in [5, 5.41) is 0.347. The molecular formula is C15H27ClO2. The highest BCUT2D eigenvalue weighted by atomic mass is 35.5. The highest BCUT2D eigenvalue weighted by Crippen LogP contribution is 2.55. The van der Waals surface area contributed by atoms with Crippen LogP contribution in [0.1, 0.15) is 52.4 Å². The maximum atomic E-state index is 6.45. The zero-order chi connectivity index (χ0) is 13.0. The number of hydrogen-bond donors (Lipinski definition) is 0. The lowest BCUT2D eigenvalue weighted by atomic mass is 9.58. The van der Waals surface area contributed by atoms with E-state index in [-0.39, 0.29) is 0 Å². The Labute approximate surface area is 116 Å². The smallest absolute Gasteiger partial charge is 0.0704 e. The molecule has 0 radical (unpaired) electrons. The highest BCUT2D eigenvalue weighted by molar-refractivity contribution is 6.21. The van der Waals surface area contributed by atoms with Gasteiger partial charge in [0.1, 0.15) is 0 Å². The standard InChI is InChI=1S/C15H27ClO2/c1-12(2)11-17-8-9-18-14-10-13(16)15(14)6-4-3-5-7-15/h12-14H,3-11H2,1-2H3. The Hall–Kier alpha value is 0.210. The van der Waals surface area contributed by atoms with Crippen molar-refractivity contribution in [2.45, 2.75) is 63.9 Å². The van der Waals surface area contributed by atoms with Gasteiger partial charge in [-0.3, -0.25) is 0 Å². The molecule has 0 aromatic carbocycles. The fraction of sp³-hybridized carbons (Fsp3) is 1.00. The second kappa shape index (κ2) is 6.58. The molecule has 0 aromatic rings. The Morgan fingerprint density at radius 3 is 2.50 bits per heavy atom. The third-order valence-corrected chi connectivity index (χ3v) is 5.08. The van der Waals surface area contributed by atoms with Gasteiger partial charge in [-0.2, -0.15) is 0 Å². The third-order valence-electron chi connectivity index (χ3n) is 4.47. The molecule has 0 aliphatic heterocycles. The van der Waals surface area contributed by atoms with Crippen LogP contribution in [0.4, 0.5) is 0 Å². The molecule has 3 heteroatoms.